The Labute approximate surface area is 188 Å². The van der Waals surface area contributed by atoms with Crippen molar-refractivity contribution in [3.8, 4) is 0 Å². The smallest absolute Gasteiger partial charge is 0.251 e. The largest absolute Gasteiger partial charge is 0.341 e. The number of rotatable bonds is 10. The summed E-state index contributed by atoms with van der Waals surface area (Å²) in [7, 11) is 0. The molecule has 2 aromatic carbocycles. The maximum absolute atomic E-state index is 12.9. The third-order valence-corrected chi connectivity index (χ3v) is 5.65. The molecule has 0 radical (unpaired) electrons. The Morgan fingerprint density at radius 3 is 2.42 bits per heavy atom. The number of carbonyl (C=O) groups excluding carboxylic acids is 3. The van der Waals surface area contributed by atoms with Crippen molar-refractivity contribution >= 4 is 40.5 Å². The van der Waals surface area contributed by atoms with Gasteiger partial charge in [0.05, 0.1) is 0 Å². The predicted octanol–water partition coefficient (Wildman–Crippen LogP) is 4.99. The number of carbonyl (C=O) groups is 3. The van der Waals surface area contributed by atoms with Gasteiger partial charge >= 0.3 is 0 Å². The van der Waals surface area contributed by atoms with Crippen LogP contribution in [0.3, 0.4) is 0 Å². The monoisotopic (exact) mass is 436 g/mol. The van der Waals surface area contributed by atoms with Gasteiger partial charge in [-0.25, -0.2) is 0 Å². The van der Waals surface area contributed by atoms with Crippen LogP contribution >= 0.6 is 11.8 Å². The molecule has 1 unspecified atom stereocenters. The minimum atomic E-state index is -0.709. The first kappa shape index (κ1) is 24.2. The van der Waals surface area contributed by atoms with E-state index in [9.17, 15) is 14.4 Å². The van der Waals surface area contributed by atoms with Crippen LogP contribution in [0.25, 0.3) is 5.57 Å². The number of aryl methyl sites for hydroxylation is 1. The van der Waals surface area contributed by atoms with Gasteiger partial charge < -0.3 is 10.6 Å². The summed E-state index contributed by atoms with van der Waals surface area (Å²) in [5.41, 5.74) is 3.90. The Balaban J connectivity index is 2.28. The summed E-state index contributed by atoms with van der Waals surface area (Å²) in [4.78, 5) is 36.7. The van der Waals surface area contributed by atoms with Gasteiger partial charge in [0.15, 0.2) is 0 Å². The number of para-hydroxylation sites is 1. The first-order valence-corrected chi connectivity index (χ1v) is 11.1. The van der Waals surface area contributed by atoms with Crippen LogP contribution in [0.15, 0.2) is 66.8 Å². The highest BCUT2D eigenvalue weighted by Gasteiger charge is 2.24. The zero-order chi connectivity index (χ0) is 22.6. The van der Waals surface area contributed by atoms with Gasteiger partial charge in [0.2, 0.25) is 11.5 Å². The molecule has 2 aromatic rings. The van der Waals surface area contributed by atoms with Crippen molar-refractivity contribution in [3.05, 3.63) is 83.4 Å². The van der Waals surface area contributed by atoms with E-state index >= 15 is 0 Å². The molecule has 0 saturated heterocycles. The van der Waals surface area contributed by atoms with Gasteiger partial charge in [0.1, 0.15) is 6.04 Å². The van der Waals surface area contributed by atoms with E-state index in [1.54, 1.807) is 18.2 Å². The molecule has 0 aromatic heterocycles. The van der Waals surface area contributed by atoms with Crippen LogP contribution in [-0.4, -0.2) is 29.2 Å². The lowest BCUT2D eigenvalue weighted by atomic mass is 9.97. The van der Waals surface area contributed by atoms with Gasteiger partial charge in [0.25, 0.3) is 5.91 Å². The molecule has 1 atom stereocenters. The highest BCUT2D eigenvalue weighted by molar-refractivity contribution is 8.13. The number of anilines is 1. The Morgan fingerprint density at radius 2 is 1.77 bits per heavy atom. The maximum atomic E-state index is 12.9. The fourth-order valence-corrected chi connectivity index (χ4v) is 3.82. The zero-order valence-electron chi connectivity index (χ0n) is 18.1. The lowest BCUT2D eigenvalue weighted by Crippen LogP contribution is -2.40. The van der Waals surface area contributed by atoms with Crippen LogP contribution in [0.4, 0.5) is 5.69 Å². The van der Waals surface area contributed by atoms with Gasteiger partial charge in [0, 0.05) is 29.0 Å². The van der Waals surface area contributed by atoms with E-state index in [2.05, 4.69) is 10.6 Å². The first-order valence-electron chi connectivity index (χ1n) is 10.1. The lowest BCUT2D eigenvalue weighted by molar-refractivity contribution is -0.112. The second kappa shape index (κ2) is 12.5. The van der Waals surface area contributed by atoms with Crippen molar-refractivity contribution in [1.82, 2.24) is 5.32 Å². The summed E-state index contributed by atoms with van der Waals surface area (Å²) in [5, 5.41) is 5.49. The Kier molecular flexibility index (Phi) is 9.78. The molecule has 0 heterocycles. The highest BCUT2D eigenvalue weighted by Crippen LogP contribution is 2.28. The normalized spacial score (nSPS) is 12.4. The predicted molar refractivity (Wildman–Crippen MR) is 129 cm³/mol. The van der Waals surface area contributed by atoms with Crippen LogP contribution in [0.2, 0.25) is 0 Å². The van der Waals surface area contributed by atoms with Crippen LogP contribution in [0.1, 0.15) is 41.8 Å². The van der Waals surface area contributed by atoms with Crippen LogP contribution < -0.4 is 10.6 Å². The Bertz CT molecular complexity index is 965. The minimum absolute atomic E-state index is 0.112. The van der Waals surface area contributed by atoms with Gasteiger partial charge in [-0.1, -0.05) is 65.9 Å². The molecule has 0 aliphatic carbocycles. The molecule has 6 heteroatoms. The van der Waals surface area contributed by atoms with Crippen molar-refractivity contribution in [2.45, 2.75) is 33.2 Å². The van der Waals surface area contributed by atoms with E-state index in [4.69, 9.17) is 0 Å². The molecule has 0 aliphatic heterocycles. The molecule has 2 rings (SSSR count). The van der Waals surface area contributed by atoms with Crippen LogP contribution in [0.5, 0.6) is 0 Å². The number of benzene rings is 2. The van der Waals surface area contributed by atoms with Gasteiger partial charge in [-0.15, -0.1) is 0 Å². The van der Waals surface area contributed by atoms with Crippen molar-refractivity contribution < 1.29 is 14.4 Å². The summed E-state index contributed by atoms with van der Waals surface area (Å²) in [6.45, 7) is 5.73. The molecule has 2 N–H and O–H groups in total. The number of allylic oxidation sites excluding steroid dienone is 2. The molecule has 0 bridgehead atoms. The molecular weight excluding hydrogens is 408 g/mol. The van der Waals surface area contributed by atoms with E-state index in [1.807, 2.05) is 69.3 Å². The summed E-state index contributed by atoms with van der Waals surface area (Å²) < 4.78 is 0. The third-order valence-electron chi connectivity index (χ3n) is 4.72. The van der Waals surface area contributed by atoms with Crippen LogP contribution in [-0.2, 0) is 9.59 Å². The number of hydrogen-bond donors (Lipinski definition) is 2. The van der Waals surface area contributed by atoms with Crippen molar-refractivity contribution in [3.63, 3.8) is 0 Å². The van der Waals surface area contributed by atoms with Gasteiger partial charge in [-0.2, -0.15) is 0 Å². The van der Waals surface area contributed by atoms with E-state index < -0.39 is 6.04 Å². The molecule has 0 aliphatic rings. The molecule has 0 saturated carbocycles. The Hall–Kier alpha value is -3.12. The molecule has 31 heavy (non-hydrogen) atoms. The highest BCUT2D eigenvalue weighted by atomic mass is 32.2. The second-order valence-corrected chi connectivity index (χ2v) is 7.94. The Morgan fingerprint density at radius 1 is 1.06 bits per heavy atom. The number of amides is 2. The standard InChI is InChI=1S/C25H28N2O3S/c1-4-6-15-31-25(30)23(27-24(29)20-13-11-18(3)12-14-20)16-19(5-2)21-9-7-8-10-22(21)26-17-28/h4-14,17,23H,15-16H2,1-3H3,(H,26,28)(H,27,29)/b6-4+,19-5-. The van der Waals surface area contributed by atoms with E-state index in [1.165, 1.54) is 11.8 Å². The molecule has 2 amide bonds. The van der Waals surface area contributed by atoms with Gasteiger partial charge in [-0.3, -0.25) is 14.4 Å². The fourth-order valence-electron chi connectivity index (χ4n) is 3.02. The zero-order valence-corrected chi connectivity index (χ0v) is 18.9. The topological polar surface area (TPSA) is 75.3 Å². The first-order chi connectivity index (χ1) is 15.0. The molecule has 0 spiro atoms. The SMILES string of the molecule is C/C=C(/CC(NC(=O)c1ccc(C)cc1)C(=O)SC/C=C/C)c1ccccc1NC=O. The quantitative estimate of drug-likeness (QED) is 0.406. The average molecular weight is 437 g/mol. The summed E-state index contributed by atoms with van der Waals surface area (Å²) >= 11 is 1.17. The summed E-state index contributed by atoms with van der Waals surface area (Å²) in [5.74, 6) is 0.250. The van der Waals surface area contributed by atoms with Crippen molar-refractivity contribution in [2.75, 3.05) is 11.1 Å². The molecule has 5 nitrogen and oxygen atoms in total. The molecular formula is C25H28N2O3S. The second-order valence-electron chi connectivity index (χ2n) is 6.92. The summed E-state index contributed by atoms with van der Waals surface area (Å²) in [6.07, 6.45) is 6.63. The third kappa shape index (κ3) is 7.26. The van der Waals surface area contributed by atoms with E-state index in [-0.39, 0.29) is 11.0 Å². The lowest BCUT2D eigenvalue weighted by Gasteiger charge is -2.20. The maximum Gasteiger partial charge on any atom is 0.251 e. The van der Waals surface area contributed by atoms with Crippen LogP contribution in [0, 0.1) is 6.92 Å². The summed E-state index contributed by atoms with van der Waals surface area (Å²) in [6, 6.07) is 13.9. The van der Waals surface area contributed by atoms with Gasteiger partial charge in [-0.05, 0) is 44.5 Å². The number of hydrogen-bond acceptors (Lipinski definition) is 4. The van der Waals surface area contributed by atoms with E-state index in [0.717, 1.165) is 16.7 Å². The van der Waals surface area contributed by atoms with Crippen molar-refractivity contribution in [2.24, 2.45) is 0 Å². The molecule has 0 fully saturated rings. The minimum Gasteiger partial charge on any atom is -0.341 e. The van der Waals surface area contributed by atoms with Crippen molar-refractivity contribution in [1.29, 1.82) is 0 Å². The number of thioether (sulfide) groups is 1. The molecule has 162 valence electrons. The number of nitrogens with one attached hydrogen (secondary N) is 2. The van der Waals surface area contributed by atoms with E-state index in [0.29, 0.717) is 29.8 Å². The fraction of sp³-hybridized carbons (Fsp3) is 0.240. The average Bonchev–Trinajstić information content (AvgIpc) is 2.78.